The summed E-state index contributed by atoms with van der Waals surface area (Å²) in [5.41, 5.74) is 0.615. The Morgan fingerprint density at radius 2 is 2.47 bits per heavy atom. The number of hydrogen-bond acceptors (Lipinski definition) is 3. The minimum Gasteiger partial charge on any atom is -0.478 e. The topological polar surface area (TPSA) is 79.1 Å². The number of hydrogen-bond donors (Lipinski definition) is 2. The van der Waals surface area contributed by atoms with Gasteiger partial charge in [-0.3, -0.25) is 0 Å². The third-order valence-electron chi connectivity index (χ3n) is 1.76. The smallest absolute Gasteiger partial charge is 0.328 e. The van der Waals surface area contributed by atoms with E-state index < -0.39 is 5.97 Å². The average Bonchev–Trinajstić information content (AvgIpc) is 2.85. The minimum absolute atomic E-state index is 0.574. The van der Waals surface area contributed by atoms with E-state index >= 15 is 0 Å². The molecule has 0 aliphatic rings. The number of imidazole rings is 1. The summed E-state index contributed by atoms with van der Waals surface area (Å²) in [6.07, 6.45) is 5.56. The Hall–Kier alpha value is -2.30. The summed E-state index contributed by atoms with van der Waals surface area (Å²) in [4.78, 5) is 17.2. The fourth-order valence-electron chi connectivity index (χ4n) is 1.12. The molecular weight excluding hydrogens is 196 g/mol. The maximum absolute atomic E-state index is 10.3. The molecule has 0 unspecified atom stereocenters. The highest BCUT2D eigenvalue weighted by molar-refractivity contribution is 5.84. The Bertz CT molecular complexity index is 483. The third kappa shape index (κ3) is 2.14. The molecule has 0 aromatic carbocycles. The van der Waals surface area contributed by atoms with Gasteiger partial charge in [0.25, 0.3) is 0 Å². The van der Waals surface area contributed by atoms with Crippen molar-refractivity contribution < 1.29 is 14.3 Å². The fourth-order valence-corrected chi connectivity index (χ4v) is 1.12. The zero-order chi connectivity index (χ0) is 10.7. The largest absolute Gasteiger partial charge is 0.478 e. The van der Waals surface area contributed by atoms with Crippen molar-refractivity contribution in [2.45, 2.75) is 0 Å². The average molecular weight is 204 g/mol. The van der Waals surface area contributed by atoms with E-state index in [2.05, 4.69) is 9.97 Å². The number of carboxylic acid groups (broad SMARTS) is 1. The molecule has 0 atom stereocenters. The number of aliphatic carboxylic acids is 1. The summed E-state index contributed by atoms with van der Waals surface area (Å²) in [5.74, 6) is 0.194. The molecule has 0 spiro atoms. The molecule has 0 radical (unpaired) electrons. The number of aromatic nitrogens is 2. The molecule has 5 heteroatoms. The van der Waals surface area contributed by atoms with Crippen molar-refractivity contribution in [3.05, 3.63) is 36.4 Å². The van der Waals surface area contributed by atoms with E-state index in [4.69, 9.17) is 9.52 Å². The van der Waals surface area contributed by atoms with Crippen LogP contribution in [0.2, 0.25) is 0 Å². The van der Waals surface area contributed by atoms with Crippen LogP contribution in [0.5, 0.6) is 0 Å². The molecule has 2 aromatic rings. The molecule has 0 saturated carbocycles. The van der Waals surface area contributed by atoms with E-state index in [-0.39, 0.29) is 0 Å². The third-order valence-corrected chi connectivity index (χ3v) is 1.76. The van der Waals surface area contributed by atoms with Crippen LogP contribution in [0.3, 0.4) is 0 Å². The molecule has 0 aliphatic heterocycles. The highest BCUT2D eigenvalue weighted by atomic mass is 16.4. The van der Waals surface area contributed by atoms with Gasteiger partial charge in [-0.05, 0) is 18.2 Å². The first kappa shape index (κ1) is 9.26. The lowest BCUT2D eigenvalue weighted by atomic mass is 10.4. The number of rotatable bonds is 3. The number of furan rings is 1. The van der Waals surface area contributed by atoms with Crippen molar-refractivity contribution in [3.63, 3.8) is 0 Å². The first-order valence-electron chi connectivity index (χ1n) is 4.25. The van der Waals surface area contributed by atoms with Crippen LogP contribution in [0.25, 0.3) is 17.7 Å². The molecule has 0 aliphatic carbocycles. The van der Waals surface area contributed by atoms with Gasteiger partial charge in [-0.1, -0.05) is 0 Å². The minimum atomic E-state index is -0.996. The van der Waals surface area contributed by atoms with E-state index in [1.165, 1.54) is 12.3 Å². The van der Waals surface area contributed by atoms with Crippen LogP contribution in [0.15, 0.2) is 35.1 Å². The molecule has 0 bridgehead atoms. The van der Waals surface area contributed by atoms with Crippen LogP contribution in [-0.4, -0.2) is 21.0 Å². The van der Waals surface area contributed by atoms with Crippen molar-refractivity contribution >= 4 is 12.0 Å². The SMILES string of the molecule is O=C(O)/C=C/c1cnc(-c2ccco2)[nH]1. The summed E-state index contributed by atoms with van der Waals surface area (Å²) in [7, 11) is 0. The number of carboxylic acids is 1. The van der Waals surface area contributed by atoms with Gasteiger partial charge in [0.05, 0.1) is 18.2 Å². The zero-order valence-electron chi connectivity index (χ0n) is 7.68. The van der Waals surface area contributed by atoms with E-state index in [1.54, 1.807) is 18.4 Å². The summed E-state index contributed by atoms with van der Waals surface area (Å²) in [6.45, 7) is 0. The van der Waals surface area contributed by atoms with Crippen molar-refractivity contribution in [2.75, 3.05) is 0 Å². The van der Waals surface area contributed by atoms with Crippen LogP contribution < -0.4 is 0 Å². The standard InChI is InChI=1S/C10H8N2O3/c13-9(14)4-3-7-6-11-10(12-7)8-2-1-5-15-8/h1-6H,(H,11,12)(H,13,14)/b4-3+. The van der Waals surface area contributed by atoms with E-state index in [1.807, 2.05) is 0 Å². The quantitative estimate of drug-likeness (QED) is 0.746. The van der Waals surface area contributed by atoms with Gasteiger partial charge in [0, 0.05) is 6.08 Å². The van der Waals surface area contributed by atoms with Gasteiger partial charge in [-0.2, -0.15) is 0 Å². The van der Waals surface area contributed by atoms with E-state index in [9.17, 15) is 4.79 Å². The molecule has 2 aromatic heterocycles. The number of carbonyl (C=O) groups is 1. The summed E-state index contributed by atoms with van der Waals surface area (Å²) >= 11 is 0. The number of H-pyrrole nitrogens is 1. The Kier molecular flexibility index (Phi) is 2.37. The second kappa shape index (κ2) is 3.83. The summed E-state index contributed by atoms with van der Waals surface area (Å²) in [6, 6.07) is 3.52. The number of nitrogens with zero attached hydrogens (tertiary/aromatic N) is 1. The molecule has 2 heterocycles. The van der Waals surface area contributed by atoms with Crippen molar-refractivity contribution in [2.24, 2.45) is 0 Å². The van der Waals surface area contributed by atoms with Gasteiger partial charge in [0.1, 0.15) is 0 Å². The Labute approximate surface area is 85.1 Å². The lowest BCUT2D eigenvalue weighted by molar-refractivity contribution is -0.131. The van der Waals surface area contributed by atoms with Crippen LogP contribution in [0.1, 0.15) is 5.69 Å². The second-order valence-corrected chi connectivity index (χ2v) is 2.84. The monoisotopic (exact) mass is 204 g/mol. The molecule has 0 saturated heterocycles. The first-order chi connectivity index (χ1) is 7.25. The van der Waals surface area contributed by atoms with Crippen molar-refractivity contribution in [3.8, 4) is 11.6 Å². The van der Waals surface area contributed by atoms with Crippen LogP contribution in [0.4, 0.5) is 0 Å². The molecule has 0 amide bonds. The predicted octanol–water partition coefficient (Wildman–Crippen LogP) is 1.77. The fraction of sp³-hybridized carbons (Fsp3) is 0. The van der Waals surface area contributed by atoms with Gasteiger partial charge in [-0.25, -0.2) is 9.78 Å². The Balaban J connectivity index is 2.21. The lowest BCUT2D eigenvalue weighted by Gasteiger charge is -1.87. The van der Waals surface area contributed by atoms with Gasteiger partial charge in [0.15, 0.2) is 11.6 Å². The summed E-state index contributed by atoms with van der Waals surface area (Å²) < 4.78 is 5.12. The lowest BCUT2D eigenvalue weighted by Crippen LogP contribution is -1.85. The highest BCUT2D eigenvalue weighted by Gasteiger charge is 2.03. The van der Waals surface area contributed by atoms with Gasteiger partial charge < -0.3 is 14.5 Å². The molecule has 5 nitrogen and oxygen atoms in total. The normalized spacial score (nSPS) is 10.9. The second-order valence-electron chi connectivity index (χ2n) is 2.84. The zero-order valence-corrected chi connectivity index (χ0v) is 7.68. The number of aromatic amines is 1. The molecule has 2 N–H and O–H groups in total. The number of nitrogens with one attached hydrogen (secondary N) is 1. The maximum atomic E-state index is 10.3. The predicted molar refractivity (Wildman–Crippen MR) is 53.0 cm³/mol. The van der Waals surface area contributed by atoms with E-state index in [0.29, 0.717) is 17.3 Å². The maximum Gasteiger partial charge on any atom is 0.328 e. The van der Waals surface area contributed by atoms with Crippen molar-refractivity contribution in [1.82, 2.24) is 9.97 Å². The van der Waals surface area contributed by atoms with Crippen LogP contribution in [-0.2, 0) is 4.79 Å². The van der Waals surface area contributed by atoms with Gasteiger partial charge in [-0.15, -0.1) is 0 Å². The van der Waals surface area contributed by atoms with E-state index in [0.717, 1.165) is 6.08 Å². The molecule has 15 heavy (non-hydrogen) atoms. The van der Waals surface area contributed by atoms with Gasteiger partial charge in [0.2, 0.25) is 0 Å². The Morgan fingerprint density at radius 1 is 1.60 bits per heavy atom. The summed E-state index contributed by atoms with van der Waals surface area (Å²) in [5, 5.41) is 8.43. The first-order valence-corrected chi connectivity index (χ1v) is 4.25. The Morgan fingerprint density at radius 3 is 3.13 bits per heavy atom. The van der Waals surface area contributed by atoms with Gasteiger partial charge >= 0.3 is 5.97 Å². The molecule has 0 fully saturated rings. The van der Waals surface area contributed by atoms with Crippen LogP contribution in [0, 0.1) is 0 Å². The molecular formula is C10H8N2O3. The van der Waals surface area contributed by atoms with Crippen molar-refractivity contribution in [1.29, 1.82) is 0 Å². The molecule has 2 rings (SSSR count). The highest BCUT2D eigenvalue weighted by Crippen LogP contribution is 2.15. The molecule has 76 valence electrons. The van der Waals surface area contributed by atoms with Crippen LogP contribution >= 0.6 is 0 Å².